The maximum absolute atomic E-state index is 13.3. The number of hydrogen-bond acceptors (Lipinski definition) is 2. The van der Waals surface area contributed by atoms with Crippen LogP contribution in [0.15, 0.2) is 46.9 Å². The van der Waals surface area contributed by atoms with Gasteiger partial charge in [0, 0.05) is 16.2 Å². The van der Waals surface area contributed by atoms with E-state index in [9.17, 15) is 4.39 Å². The third-order valence-corrected chi connectivity index (χ3v) is 3.26. The van der Waals surface area contributed by atoms with Crippen molar-refractivity contribution in [1.82, 2.24) is 9.55 Å². The monoisotopic (exact) mass is 305 g/mol. The summed E-state index contributed by atoms with van der Waals surface area (Å²) in [5, 5.41) is 0. The van der Waals surface area contributed by atoms with E-state index in [1.54, 1.807) is 10.6 Å². The molecule has 1 heterocycles. The first-order chi connectivity index (χ1) is 8.65. The van der Waals surface area contributed by atoms with E-state index < -0.39 is 0 Å². The Morgan fingerprint density at radius 3 is 2.56 bits per heavy atom. The molecule has 3 rings (SSSR count). The van der Waals surface area contributed by atoms with Crippen LogP contribution in [0.2, 0.25) is 0 Å². The lowest BCUT2D eigenvalue weighted by Crippen LogP contribution is -2.00. The first kappa shape index (κ1) is 11.2. The average molecular weight is 306 g/mol. The molecule has 0 saturated carbocycles. The average Bonchev–Trinajstić information content (AvgIpc) is 2.66. The number of halogens is 2. The summed E-state index contributed by atoms with van der Waals surface area (Å²) in [5.41, 5.74) is 8.08. The van der Waals surface area contributed by atoms with Crippen LogP contribution in [0, 0.1) is 5.82 Å². The number of rotatable bonds is 1. The second-order valence-electron chi connectivity index (χ2n) is 3.91. The lowest BCUT2D eigenvalue weighted by molar-refractivity contribution is 0.629. The number of nitrogens with two attached hydrogens (primary N) is 1. The largest absolute Gasteiger partial charge is 0.369 e. The zero-order valence-electron chi connectivity index (χ0n) is 9.27. The summed E-state index contributed by atoms with van der Waals surface area (Å²) in [6.07, 6.45) is 0. The molecule has 1 aromatic heterocycles. The molecule has 0 spiro atoms. The summed E-state index contributed by atoms with van der Waals surface area (Å²) in [6, 6.07) is 12.0. The Hall–Kier alpha value is -1.88. The van der Waals surface area contributed by atoms with Crippen LogP contribution in [-0.2, 0) is 0 Å². The van der Waals surface area contributed by atoms with Gasteiger partial charge in [-0.05, 0) is 36.4 Å². The molecule has 0 saturated heterocycles. The Morgan fingerprint density at radius 1 is 1.11 bits per heavy atom. The molecule has 0 aliphatic heterocycles. The maximum atomic E-state index is 13.3. The second-order valence-corrected chi connectivity index (χ2v) is 4.83. The van der Waals surface area contributed by atoms with Crippen molar-refractivity contribution in [2.75, 3.05) is 5.73 Å². The van der Waals surface area contributed by atoms with Crippen LogP contribution in [0.25, 0.3) is 16.7 Å². The first-order valence-corrected chi connectivity index (χ1v) is 6.14. The molecule has 0 aliphatic rings. The Kier molecular flexibility index (Phi) is 2.56. The predicted molar refractivity (Wildman–Crippen MR) is 73.1 cm³/mol. The first-order valence-electron chi connectivity index (χ1n) is 5.34. The van der Waals surface area contributed by atoms with Gasteiger partial charge in [0.15, 0.2) is 0 Å². The molecule has 3 aromatic rings. The van der Waals surface area contributed by atoms with E-state index in [2.05, 4.69) is 20.9 Å². The quantitative estimate of drug-likeness (QED) is 0.747. The van der Waals surface area contributed by atoms with Crippen LogP contribution >= 0.6 is 15.9 Å². The standard InChI is InChI=1S/C13H9BrFN3/c14-8-1-4-10(5-2-8)18-12-7-9(15)3-6-11(12)17-13(18)16/h1-7H,(H2,16,17). The molecule has 0 aliphatic carbocycles. The minimum Gasteiger partial charge on any atom is -0.369 e. The number of fused-ring (bicyclic) bond motifs is 1. The smallest absolute Gasteiger partial charge is 0.205 e. The number of benzene rings is 2. The predicted octanol–water partition coefficient (Wildman–Crippen LogP) is 3.51. The molecule has 5 heteroatoms. The van der Waals surface area contributed by atoms with Gasteiger partial charge in [-0.3, -0.25) is 4.57 Å². The van der Waals surface area contributed by atoms with Gasteiger partial charge >= 0.3 is 0 Å². The van der Waals surface area contributed by atoms with Crippen molar-refractivity contribution in [3.8, 4) is 5.69 Å². The van der Waals surface area contributed by atoms with Crippen LogP contribution in [0.1, 0.15) is 0 Å². The Labute approximate surface area is 111 Å². The number of nitrogens with zero attached hydrogens (tertiary/aromatic N) is 2. The van der Waals surface area contributed by atoms with E-state index in [1.165, 1.54) is 12.1 Å². The molecule has 18 heavy (non-hydrogen) atoms. The zero-order chi connectivity index (χ0) is 12.7. The molecule has 0 radical (unpaired) electrons. The lowest BCUT2D eigenvalue weighted by atomic mass is 10.2. The van der Waals surface area contributed by atoms with Gasteiger partial charge in [-0.2, -0.15) is 0 Å². The summed E-state index contributed by atoms with van der Waals surface area (Å²) in [5.74, 6) is 0.0404. The van der Waals surface area contributed by atoms with E-state index in [-0.39, 0.29) is 5.82 Å². The summed E-state index contributed by atoms with van der Waals surface area (Å²) >= 11 is 3.37. The summed E-state index contributed by atoms with van der Waals surface area (Å²) in [6.45, 7) is 0. The number of anilines is 1. The third kappa shape index (κ3) is 1.76. The molecule has 3 nitrogen and oxygen atoms in total. The van der Waals surface area contributed by atoms with Gasteiger partial charge in [-0.15, -0.1) is 0 Å². The molecular weight excluding hydrogens is 297 g/mol. The van der Waals surface area contributed by atoms with Crippen LogP contribution in [-0.4, -0.2) is 9.55 Å². The number of hydrogen-bond donors (Lipinski definition) is 1. The molecule has 0 fully saturated rings. The van der Waals surface area contributed by atoms with Crippen LogP contribution in [0.4, 0.5) is 10.3 Å². The third-order valence-electron chi connectivity index (χ3n) is 2.73. The van der Waals surface area contributed by atoms with Gasteiger partial charge < -0.3 is 5.73 Å². The van der Waals surface area contributed by atoms with Gasteiger partial charge in [-0.25, -0.2) is 9.37 Å². The van der Waals surface area contributed by atoms with Crippen molar-refractivity contribution in [1.29, 1.82) is 0 Å². The van der Waals surface area contributed by atoms with Gasteiger partial charge in [0.25, 0.3) is 0 Å². The van der Waals surface area contributed by atoms with E-state index in [4.69, 9.17) is 5.73 Å². The highest BCUT2D eigenvalue weighted by Crippen LogP contribution is 2.24. The van der Waals surface area contributed by atoms with E-state index in [0.717, 1.165) is 10.2 Å². The minimum atomic E-state index is -0.305. The zero-order valence-corrected chi connectivity index (χ0v) is 10.9. The van der Waals surface area contributed by atoms with Gasteiger partial charge in [0.05, 0.1) is 11.0 Å². The fourth-order valence-corrected chi connectivity index (χ4v) is 2.19. The van der Waals surface area contributed by atoms with Crippen LogP contribution < -0.4 is 5.73 Å². The maximum Gasteiger partial charge on any atom is 0.205 e. The van der Waals surface area contributed by atoms with Crippen LogP contribution in [0.5, 0.6) is 0 Å². The van der Waals surface area contributed by atoms with Gasteiger partial charge in [0.1, 0.15) is 5.82 Å². The lowest BCUT2D eigenvalue weighted by Gasteiger charge is -2.06. The molecule has 0 amide bonds. The molecule has 0 atom stereocenters. The Morgan fingerprint density at radius 2 is 1.83 bits per heavy atom. The van der Waals surface area contributed by atoms with Crippen molar-refractivity contribution >= 4 is 32.9 Å². The molecular formula is C13H9BrFN3. The summed E-state index contributed by atoms with van der Waals surface area (Å²) < 4.78 is 16.0. The van der Waals surface area contributed by atoms with E-state index in [0.29, 0.717) is 17.0 Å². The number of aromatic nitrogens is 2. The summed E-state index contributed by atoms with van der Waals surface area (Å²) in [7, 11) is 0. The molecule has 0 bridgehead atoms. The van der Waals surface area contributed by atoms with Gasteiger partial charge in [-0.1, -0.05) is 15.9 Å². The van der Waals surface area contributed by atoms with Crippen molar-refractivity contribution in [3.05, 3.63) is 52.8 Å². The van der Waals surface area contributed by atoms with Crippen LogP contribution in [0.3, 0.4) is 0 Å². The highest BCUT2D eigenvalue weighted by molar-refractivity contribution is 9.10. The highest BCUT2D eigenvalue weighted by atomic mass is 79.9. The van der Waals surface area contributed by atoms with Crippen molar-refractivity contribution in [3.63, 3.8) is 0 Å². The highest BCUT2D eigenvalue weighted by Gasteiger charge is 2.10. The molecule has 2 aromatic carbocycles. The normalized spacial score (nSPS) is 11.0. The molecule has 0 unspecified atom stereocenters. The SMILES string of the molecule is Nc1nc2ccc(F)cc2n1-c1ccc(Br)cc1. The molecule has 2 N–H and O–H groups in total. The van der Waals surface area contributed by atoms with Crippen molar-refractivity contribution < 1.29 is 4.39 Å². The Bertz CT molecular complexity index is 719. The fourth-order valence-electron chi connectivity index (χ4n) is 1.93. The van der Waals surface area contributed by atoms with Gasteiger partial charge in [0.2, 0.25) is 5.95 Å². The number of imidazole rings is 1. The van der Waals surface area contributed by atoms with Crippen molar-refractivity contribution in [2.24, 2.45) is 0 Å². The fraction of sp³-hybridized carbons (Fsp3) is 0. The second kappa shape index (κ2) is 4.10. The summed E-state index contributed by atoms with van der Waals surface area (Å²) in [4.78, 5) is 4.22. The minimum absolute atomic E-state index is 0.305. The topological polar surface area (TPSA) is 43.8 Å². The van der Waals surface area contributed by atoms with E-state index >= 15 is 0 Å². The Balaban J connectivity index is 2.30. The van der Waals surface area contributed by atoms with Crippen molar-refractivity contribution in [2.45, 2.75) is 0 Å². The number of nitrogen functional groups attached to an aromatic ring is 1. The van der Waals surface area contributed by atoms with E-state index in [1.807, 2.05) is 24.3 Å². The molecule has 90 valence electrons.